The van der Waals surface area contributed by atoms with Crippen molar-refractivity contribution in [1.29, 1.82) is 0 Å². The maximum Gasteiger partial charge on any atom is 0.347 e. The fourth-order valence-corrected chi connectivity index (χ4v) is 3.78. The molecule has 2 aromatic rings. The van der Waals surface area contributed by atoms with E-state index in [1.54, 1.807) is 18.5 Å². The number of hydrogen-bond donors (Lipinski definition) is 2. The van der Waals surface area contributed by atoms with Crippen LogP contribution in [0.4, 0.5) is 10.5 Å². The molecule has 30 heavy (non-hydrogen) atoms. The average Bonchev–Trinajstić information content (AvgIpc) is 2.77. The van der Waals surface area contributed by atoms with Gasteiger partial charge < -0.3 is 16.0 Å². The Kier molecular flexibility index (Phi) is 7.51. The van der Waals surface area contributed by atoms with Gasteiger partial charge in [0.1, 0.15) is 5.84 Å². The molecule has 1 atom stereocenters. The van der Waals surface area contributed by atoms with Gasteiger partial charge in [0.05, 0.1) is 5.69 Å². The van der Waals surface area contributed by atoms with Gasteiger partial charge in [0.2, 0.25) is 0 Å². The van der Waals surface area contributed by atoms with Crippen LogP contribution in [0.5, 0.6) is 0 Å². The summed E-state index contributed by atoms with van der Waals surface area (Å²) >= 11 is 0. The van der Waals surface area contributed by atoms with Crippen LogP contribution < -0.4 is 11.1 Å². The maximum absolute atomic E-state index is 12.5. The molecule has 2 amide bonds. The molecule has 1 aromatic heterocycles. The quantitative estimate of drug-likeness (QED) is 0.404. The SMILES string of the molecule is C=C/C=C(\C=C)CCN1CCCC(/C(N)=N/C(=O)Nc2cccc3cnccc23)C1. The number of benzene rings is 1. The van der Waals surface area contributed by atoms with Crippen LogP contribution in [0, 0.1) is 5.92 Å². The maximum atomic E-state index is 12.5. The van der Waals surface area contributed by atoms with Gasteiger partial charge >= 0.3 is 6.03 Å². The summed E-state index contributed by atoms with van der Waals surface area (Å²) < 4.78 is 0. The number of carbonyl (C=O) groups excluding carboxylic acids is 1. The van der Waals surface area contributed by atoms with E-state index in [1.807, 2.05) is 36.4 Å². The van der Waals surface area contributed by atoms with Crippen molar-refractivity contribution in [2.45, 2.75) is 19.3 Å². The molecule has 1 unspecified atom stereocenters. The second kappa shape index (κ2) is 10.5. The molecule has 3 rings (SSSR count). The molecule has 156 valence electrons. The van der Waals surface area contributed by atoms with Crippen LogP contribution in [0.3, 0.4) is 0 Å². The zero-order valence-electron chi connectivity index (χ0n) is 17.3. The number of nitrogens with two attached hydrogens (primary N) is 1. The summed E-state index contributed by atoms with van der Waals surface area (Å²) in [4.78, 5) is 23.1. The number of fused-ring (bicyclic) bond motifs is 1. The number of piperidine rings is 1. The van der Waals surface area contributed by atoms with Gasteiger partial charge in [-0.1, -0.05) is 43.5 Å². The number of carbonyl (C=O) groups is 1. The Balaban J connectivity index is 1.61. The lowest BCUT2D eigenvalue weighted by Gasteiger charge is -2.32. The summed E-state index contributed by atoms with van der Waals surface area (Å²) in [6.45, 7) is 10.3. The fourth-order valence-electron chi connectivity index (χ4n) is 3.78. The number of pyridine rings is 1. The van der Waals surface area contributed by atoms with E-state index in [0.29, 0.717) is 11.5 Å². The molecule has 3 N–H and O–H groups in total. The van der Waals surface area contributed by atoms with E-state index < -0.39 is 6.03 Å². The highest BCUT2D eigenvalue weighted by Gasteiger charge is 2.23. The number of urea groups is 1. The van der Waals surface area contributed by atoms with Crippen LogP contribution in [-0.2, 0) is 0 Å². The number of hydrogen-bond acceptors (Lipinski definition) is 3. The van der Waals surface area contributed by atoms with Gasteiger partial charge in [0.15, 0.2) is 0 Å². The number of amides is 2. The van der Waals surface area contributed by atoms with Gasteiger partial charge in [-0.2, -0.15) is 4.99 Å². The van der Waals surface area contributed by atoms with Gasteiger partial charge in [-0.05, 0) is 43.5 Å². The molecule has 1 fully saturated rings. The average molecular weight is 404 g/mol. The molecule has 6 nitrogen and oxygen atoms in total. The number of nitrogens with zero attached hydrogens (tertiary/aromatic N) is 3. The van der Waals surface area contributed by atoms with Crippen molar-refractivity contribution in [3.8, 4) is 0 Å². The van der Waals surface area contributed by atoms with E-state index in [1.165, 1.54) is 5.57 Å². The summed E-state index contributed by atoms with van der Waals surface area (Å²) in [6, 6.07) is 7.10. The number of nitrogens with one attached hydrogen (secondary N) is 1. The van der Waals surface area contributed by atoms with Crippen molar-refractivity contribution in [2.24, 2.45) is 16.6 Å². The van der Waals surface area contributed by atoms with Crippen LogP contribution in [-0.4, -0.2) is 41.4 Å². The molecule has 0 spiro atoms. The smallest absolute Gasteiger partial charge is 0.347 e. The van der Waals surface area contributed by atoms with E-state index in [2.05, 4.69) is 33.4 Å². The number of likely N-dealkylation sites (tertiary alicyclic amines) is 1. The standard InChI is InChI=1S/C24H29N5O/c1-3-7-18(4-2)12-15-29-14-6-9-20(17-29)23(25)28-24(30)27-22-10-5-8-19-16-26-13-11-21(19)22/h3-5,7-8,10-11,13,16,20H,1-2,6,9,12,14-15,17H2,(H3,25,27,28,30)/b18-7+. The van der Waals surface area contributed by atoms with Crippen molar-refractivity contribution in [2.75, 3.05) is 25.0 Å². The fraction of sp³-hybridized carbons (Fsp3) is 0.292. The third-order valence-corrected chi connectivity index (χ3v) is 5.39. The van der Waals surface area contributed by atoms with E-state index in [9.17, 15) is 4.79 Å². The summed E-state index contributed by atoms with van der Waals surface area (Å²) in [5.74, 6) is 0.474. The van der Waals surface area contributed by atoms with Crippen LogP contribution in [0.15, 0.2) is 78.6 Å². The molecule has 1 aromatic carbocycles. The first-order chi connectivity index (χ1) is 14.6. The number of aliphatic imine (C=N–C) groups is 1. The Labute approximate surface area is 177 Å². The topological polar surface area (TPSA) is 83.6 Å². The van der Waals surface area contributed by atoms with Gasteiger partial charge in [0.25, 0.3) is 0 Å². The van der Waals surface area contributed by atoms with Crippen LogP contribution in [0.1, 0.15) is 19.3 Å². The first-order valence-electron chi connectivity index (χ1n) is 10.2. The highest BCUT2D eigenvalue weighted by atomic mass is 16.2. The number of amidine groups is 1. The Morgan fingerprint density at radius 1 is 1.37 bits per heavy atom. The zero-order valence-corrected chi connectivity index (χ0v) is 17.3. The van der Waals surface area contributed by atoms with E-state index in [-0.39, 0.29) is 5.92 Å². The highest BCUT2D eigenvalue weighted by molar-refractivity contribution is 6.05. The number of aromatic nitrogens is 1. The lowest BCUT2D eigenvalue weighted by Crippen LogP contribution is -2.42. The minimum Gasteiger partial charge on any atom is -0.387 e. The molecule has 1 aliphatic heterocycles. The second-order valence-electron chi connectivity index (χ2n) is 7.44. The zero-order chi connectivity index (χ0) is 21.3. The molecule has 6 heteroatoms. The van der Waals surface area contributed by atoms with Gasteiger partial charge in [-0.15, -0.1) is 0 Å². The van der Waals surface area contributed by atoms with E-state index >= 15 is 0 Å². The Bertz CT molecular complexity index is 973. The third kappa shape index (κ3) is 5.64. The summed E-state index contributed by atoms with van der Waals surface area (Å²) in [5, 5.41) is 4.73. The van der Waals surface area contributed by atoms with Gasteiger partial charge in [-0.3, -0.25) is 4.98 Å². The highest BCUT2D eigenvalue weighted by Crippen LogP contribution is 2.23. The van der Waals surface area contributed by atoms with Crippen molar-refractivity contribution in [3.05, 3.63) is 73.6 Å². The van der Waals surface area contributed by atoms with Gasteiger partial charge in [-0.25, -0.2) is 4.79 Å². The third-order valence-electron chi connectivity index (χ3n) is 5.39. The molecule has 2 heterocycles. The predicted octanol–water partition coefficient (Wildman–Crippen LogP) is 4.52. The second-order valence-corrected chi connectivity index (χ2v) is 7.44. The summed E-state index contributed by atoms with van der Waals surface area (Å²) in [6.07, 6.45) is 12.0. The number of rotatable bonds is 7. The Hall–Kier alpha value is -3.25. The minimum absolute atomic E-state index is 0.0804. The van der Waals surface area contributed by atoms with Crippen molar-refractivity contribution < 1.29 is 4.79 Å². The lowest BCUT2D eigenvalue weighted by molar-refractivity contribution is 0.206. The van der Waals surface area contributed by atoms with Crippen molar-refractivity contribution >= 4 is 28.3 Å². The molecular formula is C24H29N5O. The van der Waals surface area contributed by atoms with Crippen LogP contribution in [0.2, 0.25) is 0 Å². The summed E-state index contributed by atoms with van der Waals surface area (Å²) in [5.41, 5.74) is 8.09. The largest absolute Gasteiger partial charge is 0.387 e. The van der Waals surface area contributed by atoms with Crippen molar-refractivity contribution in [3.63, 3.8) is 0 Å². The Morgan fingerprint density at radius 2 is 2.23 bits per heavy atom. The normalized spacial score (nSPS) is 18.2. The predicted molar refractivity (Wildman–Crippen MR) is 125 cm³/mol. The van der Waals surface area contributed by atoms with Crippen LogP contribution in [0.25, 0.3) is 10.8 Å². The molecule has 1 saturated heterocycles. The number of allylic oxidation sites excluding steroid dienone is 3. The first kappa shape index (κ1) is 21.5. The minimum atomic E-state index is -0.447. The van der Waals surface area contributed by atoms with Gasteiger partial charge in [0, 0.05) is 42.2 Å². The summed E-state index contributed by atoms with van der Waals surface area (Å²) in [7, 11) is 0. The lowest BCUT2D eigenvalue weighted by atomic mass is 9.96. The molecule has 1 aliphatic rings. The van der Waals surface area contributed by atoms with Crippen LogP contribution >= 0.6 is 0 Å². The first-order valence-corrected chi connectivity index (χ1v) is 10.2. The molecule has 0 radical (unpaired) electrons. The monoisotopic (exact) mass is 403 g/mol. The van der Waals surface area contributed by atoms with E-state index in [4.69, 9.17) is 5.73 Å². The molecule has 0 aliphatic carbocycles. The molecular weight excluding hydrogens is 374 g/mol. The van der Waals surface area contributed by atoms with Crippen molar-refractivity contribution in [1.82, 2.24) is 9.88 Å². The van der Waals surface area contributed by atoms with E-state index in [0.717, 1.165) is 49.7 Å². The molecule has 0 bridgehead atoms. The molecule has 0 saturated carbocycles. The number of anilines is 1. The Morgan fingerprint density at radius 3 is 3.03 bits per heavy atom.